The van der Waals surface area contributed by atoms with E-state index < -0.39 is 0 Å². The fourth-order valence-corrected chi connectivity index (χ4v) is 2.72. The predicted molar refractivity (Wildman–Crippen MR) is 81.7 cm³/mol. The predicted octanol–water partition coefficient (Wildman–Crippen LogP) is 3.76. The first-order valence-electron chi connectivity index (χ1n) is 6.89. The molecule has 2 aromatic rings. The zero-order valence-electron chi connectivity index (χ0n) is 11.8. The zero-order valence-corrected chi connectivity index (χ0v) is 12.7. The SMILES string of the molecule is CCCNC(COC(C)C)c1cnc2ccsc2c1. The Labute approximate surface area is 119 Å². The van der Waals surface area contributed by atoms with Crippen LogP contribution in [-0.2, 0) is 4.74 Å². The van der Waals surface area contributed by atoms with E-state index in [1.165, 1.54) is 10.3 Å². The van der Waals surface area contributed by atoms with Crippen molar-refractivity contribution in [2.75, 3.05) is 13.2 Å². The van der Waals surface area contributed by atoms with Gasteiger partial charge in [0.15, 0.2) is 0 Å². The Morgan fingerprint density at radius 3 is 3.00 bits per heavy atom. The number of nitrogens with one attached hydrogen (secondary N) is 1. The molecule has 0 saturated carbocycles. The van der Waals surface area contributed by atoms with Crippen LogP contribution in [0.5, 0.6) is 0 Å². The van der Waals surface area contributed by atoms with Crippen LogP contribution >= 0.6 is 11.3 Å². The maximum absolute atomic E-state index is 5.76. The minimum atomic E-state index is 0.223. The van der Waals surface area contributed by atoms with E-state index in [9.17, 15) is 0 Å². The summed E-state index contributed by atoms with van der Waals surface area (Å²) in [5.41, 5.74) is 2.29. The van der Waals surface area contributed by atoms with Crippen molar-refractivity contribution in [3.05, 3.63) is 29.3 Å². The van der Waals surface area contributed by atoms with Gasteiger partial charge in [-0.2, -0.15) is 0 Å². The fraction of sp³-hybridized carbons (Fsp3) is 0.533. The molecule has 0 spiro atoms. The third-order valence-electron chi connectivity index (χ3n) is 2.96. The number of hydrogen-bond donors (Lipinski definition) is 1. The van der Waals surface area contributed by atoms with E-state index in [0.717, 1.165) is 18.5 Å². The molecule has 0 fully saturated rings. The number of fused-ring (bicyclic) bond motifs is 1. The molecule has 0 amide bonds. The second-order valence-corrected chi connectivity index (χ2v) is 5.91. The molecule has 2 heterocycles. The molecule has 1 atom stereocenters. The van der Waals surface area contributed by atoms with Gasteiger partial charge >= 0.3 is 0 Å². The van der Waals surface area contributed by atoms with Gasteiger partial charge in [-0.15, -0.1) is 11.3 Å². The van der Waals surface area contributed by atoms with E-state index >= 15 is 0 Å². The summed E-state index contributed by atoms with van der Waals surface area (Å²) >= 11 is 1.74. The highest BCUT2D eigenvalue weighted by molar-refractivity contribution is 7.17. The van der Waals surface area contributed by atoms with Gasteiger partial charge in [0.1, 0.15) is 0 Å². The molecule has 3 nitrogen and oxygen atoms in total. The fourth-order valence-electron chi connectivity index (χ4n) is 1.93. The summed E-state index contributed by atoms with van der Waals surface area (Å²) in [5.74, 6) is 0. The molecule has 0 bridgehead atoms. The summed E-state index contributed by atoms with van der Waals surface area (Å²) in [6.07, 6.45) is 3.34. The maximum Gasteiger partial charge on any atom is 0.0809 e. The lowest BCUT2D eigenvalue weighted by atomic mass is 10.1. The van der Waals surface area contributed by atoms with Crippen LogP contribution in [0.1, 0.15) is 38.8 Å². The van der Waals surface area contributed by atoms with Crippen LogP contribution in [0.2, 0.25) is 0 Å². The molecule has 0 aliphatic carbocycles. The normalized spacial score (nSPS) is 13.3. The second kappa shape index (κ2) is 6.98. The smallest absolute Gasteiger partial charge is 0.0809 e. The van der Waals surface area contributed by atoms with Gasteiger partial charge in [-0.1, -0.05) is 6.92 Å². The van der Waals surface area contributed by atoms with Crippen LogP contribution in [0, 0.1) is 0 Å². The minimum absolute atomic E-state index is 0.223. The van der Waals surface area contributed by atoms with Gasteiger partial charge in [0.25, 0.3) is 0 Å². The first kappa shape index (κ1) is 14.4. The number of ether oxygens (including phenoxy) is 1. The monoisotopic (exact) mass is 278 g/mol. The summed E-state index contributed by atoms with van der Waals surface area (Å²) in [6.45, 7) is 7.99. The molecule has 1 N–H and O–H groups in total. The van der Waals surface area contributed by atoms with Gasteiger partial charge in [-0.05, 0) is 49.9 Å². The van der Waals surface area contributed by atoms with E-state index in [4.69, 9.17) is 4.74 Å². The molecule has 0 aliphatic heterocycles. The topological polar surface area (TPSA) is 34.1 Å². The van der Waals surface area contributed by atoms with Crippen LogP contribution in [-0.4, -0.2) is 24.2 Å². The van der Waals surface area contributed by atoms with Crippen molar-refractivity contribution < 1.29 is 4.74 Å². The highest BCUT2D eigenvalue weighted by Gasteiger charge is 2.13. The number of nitrogens with zero attached hydrogens (tertiary/aromatic N) is 1. The largest absolute Gasteiger partial charge is 0.377 e. The highest BCUT2D eigenvalue weighted by atomic mass is 32.1. The van der Waals surface area contributed by atoms with E-state index in [0.29, 0.717) is 6.61 Å². The van der Waals surface area contributed by atoms with E-state index in [1.54, 1.807) is 11.3 Å². The van der Waals surface area contributed by atoms with Gasteiger partial charge in [-0.3, -0.25) is 4.98 Å². The van der Waals surface area contributed by atoms with Gasteiger partial charge in [-0.25, -0.2) is 0 Å². The first-order valence-corrected chi connectivity index (χ1v) is 7.76. The Hall–Kier alpha value is -0.970. The summed E-state index contributed by atoms with van der Waals surface area (Å²) in [4.78, 5) is 4.51. The summed E-state index contributed by atoms with van der Waals surface area (Å²) in [6, 6.07) is 4.51. The average molecular weight is 278 g/mol. The summed E-state index contributed by atoms with van der Waals surface area (Å²) in [7, 11) is 0. The van der Waals surface area contributed by atoms with E-state index in [2.05, 4.69) is 48.6 Å². The van der Waals surface area contributed by atoms with E-state index in [-0.39, 0.29) is 12.1 Å². The number of thiophene rings is 1. The molecular weight excluding hydrogens is 256 g/mol. The van der Waals surface area contributed by atoms with Crippen molar-refractivity contribution in [3.63, 3.8) is 0 Å². The lowest BCUT2D eigenvalue weighted by Gasteiger charge is -2.20. The average Bonchev–Trinajstić information content (AvgIpc) is 2.85. The third kappa shape index (κ3) is 4.00. The maximum atomic E-state index is 5.76. The molecule has 0 aromatic carbocycles. The van der Waals surface area contributed by atoms with Gasteiger partial charge in [0.05, 0.1) is 29.0 Å². The standard InChI is InChI=1S/C15H22N2OS/c1-4-6-16-14(10-18-11(2)3)12-8-15-13(17-9-12)5-7-19-15/h5,7-9,11,14,16H,4,6,10H2,1-3H3. The number of rotatable bonds is 7. The molecule has 104 valence electrons. The van der Waals surface area contributed by atoms with Crippen LogP contribution in [0.15, 0.2) is 23.7 Å². The number of hydrogen-bond acceptors (Lipinski definition) is 4. The molecular formula is C15H22N2OS. The molecule has 4 heteroatoms. The Balaban J connectivity index is 2.14. The van der Waals surface area contributed by atoms with Crippen molar-refractivity contribution in [3.8, 4) is 0 Å². The van der Waals surface area contributed by atoms with Gasteiger partial charge in [0.2, 0.25) is 0 Å². The minimum Gasteiger partial charge on any atom is -0.377 e. The number of pyridine rings is 1. The number of aromatic nitrogens is 1. The quantitative estimate of drug-likeness (QED) is 0.837. The van der Waals surface area contributed by atoms with Gasteiger partial charge < -0.3 is 10.1 Å². The van der Waals surface area contributed by atoms with Gasteiger partial charge in [0, 0.05) is 6.20 Å². The van der Waals surface area contributed by atoms with Crippen LogP contribution < -0.4 is 5.32 Å². The molecule has 0 aliphatic rings. The Morgan fingerprint density at radius 1 is 1.42 bits per heavy atom. The summed E-state index contributed by atoms with van der Waals surface area (Å²) in [5, 5.41) is 5.62. The second-order valence-electron chi connectivity index (χ2n) is 4.96. The van der Waals surface area contributed by atoms with Crippen molar-refractivity contribution in [1.82, 2.24) is 10.3 Å². The molecule has 2 rings (SSSR count). The highest BCUT2D eigenvalue weighted by Crippen LogP contribution is 2.23. The molecule has 19 heavy (non-hydrogen) atoms. The van der Waals surface area contributed by atoms with E-state index in [1.807, 2.05) is 6.20 Å². The molecule has 1 unspecified atom stereocenters. The summed E-state index contributed by atoms with van der Waals surface area (Å²) < 4.78 is 7.00. The van der Waals surface area contributed by atoms with Crippen LogP contribution in [0.25, 0.3) is 10.2 Å². The Bertz CT molecular complexity index is 510. The zero-order chi connectivity index (χ0) is 13.7. The molecule has 0 radical (unpaired) electrons. The van der Waals surface area contributed by atoms with Crippen molar-refractivity contribution >= 4 is 21.6 Å². The lowest BCUT2D eigenvalue weighted by Crippen LogP contribution is -2.27. The Morgan fingerprint density at radius 2 is 2.26 bits per heavy atom. The van der Waals surface area contributed by atoms with Crippen LogP contribution in [0.4, 0.5) is 0 Å². The van der Waals surface area contributed by atoms with Crippen LogP contribution in [0.3, 0.4) is 0 Å². The lowest BCUT2D eigenvalue weighted by molar-refractivity contribution is 0.0611. The molecule has 0 saturated heterocycles. The molecule has 2 aromatic heterocycles. The first-order chi connectivity index (χ1) is 9.20. The third-order valence-corrected chi connectivity index (χ3v) is 3.82. The van der Waals surface area contributed by atoms with Crippen molar-refractivity contribution in [2.24, 2.45) is 0 Å². The Kier molecular flexibility index (Phi) is 5.31. The van der Waals surface area contributed by atoms with Crippen molar-refractivity contribution in [2.45, 2.75) is 39.3 Å². The van der Waals surface area contributed by atoms with Crippen molar-refractivity contribution in [1.29, 1.82) is 0 Å².